The lowest BCUT2D eigenvalue weighted by molar-refractivity contribution is 0.00578. The maximum Gasteiger partial charge on any atom is 0.494 e. The number of halogens is 1. The molecule has 0 spiro atoms. The van der Waals surface area contributed by atoms with E-state index in [0.29, 0.717) is 0 Å². The van der Waals surface area contributed by atoms with Crippen LogP contribution < -0.4 is 5.46 Å². The van der Waals surface area contributed by atoms with Gasteiger partial charge in [0.15, 0.2) is 0 Å². The highest BCUT2D eigenvalue weighted by Crippen LogP contribution is 2.48. The van der Waals surface area contributed by atoms with E-state index >= 15 is 0 Å². The van der Waals surface area contributed by atoms with Crippen molar-refractivity contribution in [3.05, 3.63) is 267 Å². The smallest absolute Gasteiger partial charge is 0.456 e. The number of hydrogen-bond acceptors (Lipinski definition) is 4. The lowest BCUT2D eigenvalue weighted by Crippen LogP contribution is -2.41. The molecule has 1 saturated heterocycles. The van der Waals surface area contributed by atoms with E-state index in [1.165, 1.54) is 209 Å². The van der Waals surface area contributed by atoms with E-state index in [-0.39, 0.29) is 18.3 Å². The van der Waals surface area contributed by atoms with Gasteiger partial charge in [-0.2, -0.15) is 0 Å². The molecule has 1 aliphatic heterocycles. The normalized spacial score (nSPS) is 15.6. The first-order valence-corrected chi connectivity index (χ1v) is 33.7. The summed E-state index contributed by atoms with van der Waals surface area (Å²) in [7, 11) is -0.362. The molecule has 92 heavy (non-hydrogen) atoms. The third kappa shape index (κ3) is 8.49. The van der Waals surface area contributed by atoms with E-state index in [9.17, 15) is 0 Å². The molecule has 1 fully saturated rings. The summed E-state index contributed by atoms with van der Waals surface area (Å²) in [5, 5.41) is 20.2. The van der Waals surface area contributed by atoms with Crippen molar-refractivity contribution in [3.8, 4) is 33.4 Å². The highest BCUT2D eigenvalue weighted by Gasteiger charge is 2.52. The van der Waals surface area contributed by atoms with Crippen LogP contribution in [0.1, 0.15) is 72.2 Å². The summed E-state index contributed by atoms with van der Waals surface area (Å²) >= 11 is 3.83. The molecule has 2 aromatic heterocycles. The second kappa shape index (κ2) is 20.4. The number of hydrogen-bond donors (Lipinski definition) is 0. The Morgan fingerprint density at radius 1 is 0.283 bits per heavy atom. The van der Waals surface area contributed by atoms with Crippen molar-refractivity contribution in [2.24, 2.45) is 0 Å². The predicted molar refractivity (Wildman–Crippen MR) is 388 cm³/mol. The lowest BCUT2D eigenvalue weighted by Gasteiger charge is -2.32. The molecule has 0 atom stereocenters. The van der Waals surface area contributed by atoms with Gasteiger partial charge in [-0.05, 0) is 285 Å². The molecule has 0 radical (unpaired) electrons. The number of rotatable bonds is 4. The zero-order valence-electron chi connectivity index (χ0n) is 52.0. The molecule has 21 rings (SSSR count). The van der Waals surface area contributed by atoms with Crippen LogP contribution in [0.4, 0.5) is 0 Å². The van der Waals surface area contributed by atoms with Crippen molar-refractivity contribution in [1.29, 1.82) is 0 Å². The van der Waals surface area contributed by atoms with Gasteiger partial charge in [0, 0.05) is 26.0 Å². The molecule has 3 heterocycles. The van der Waals surface area contributed by atoms with Gasteiger partial charge in [0.25, 0.3) is 0 Å². The van der Waals surface area contributed by atoms with Gasteiger partial charge in [-0.15, -0.1) is 0 Å². The summed E-state index contributed by atoms with van der Waals surface area (Å²) < 4.78 is 26.3. The quantitative estimate of drug-likeness (QED) is 0.130. The molecule has 4 aliphatic carbocycles. The summed E-state index contributed by atoms with van der Waals surface area (Å²) in [4.78, 5) is 0. The molecule has 4 nitrogen and oxygen atoms in total. The average molecular weight is 1250 g/mol. The monoisotopic (exact) mass is 1250 g/mol. The van der Waals surface area contributed by atoms with Crippen molar-refractivity contribution in [2.45, 2.75) is 90.3 Å². The van der Waals surface area contributed by atoms with E-state index in [4.69, 9.17) is 18.1 Å². The topological polar surface area (TPSA) is 44.7 Å². The third-order valence-electron chi connectivity index (χ3n) is 21.8. The van der Waals surface area contributed by atoms with Crippen molar-refractivity contribution in [3.63, 3.8) is 0 Å². The third-order valence-corrected chi connectivity index (χ3v) is 22.6. The fraction of sp³-hybridized carbons (Fsp3) is 0.163. The van der Waals surface area contributed by atoms with Gasteiger partial charge < -0.3 is 18.1 Å². The van der Waals surface area contributed by atoms with Crippen LogP contribution in [0.3, 0.4) is 0 Å². The van der Waals surface area contributed by atoms with Crippen LogP contribution in [0.15, 0.2) is 232 Å². The van der Waals surface area contributed by atoms with Gasteiger partial charge in [0.1, 0.15) is 22.3 Å². The van der Waals surface area contributed by atoms with Crippen LogP contribution in [-0.4, -0.2) is 18.3 Å². The van der Waals surface area contributed by atoms with Crippen molar-refractivity contribution < 1.29 is 18.1 Å². The molecule has 16 aromatic rings. The summed E-state index contributed by atoms with van der Waals surface area (Å²) in [6.45, 7) is 8.34. The Balaban J connectivity index is 0.000000104. The largest absolute Gasteiger partial charge is 0.494 e. The first-order valence-electron chi connectivity index (χ1n) is 32.9. The van der Waals surface area contributed by atoms with Gasteiger partial charge in [0.05, 0.1) is 11.2 Å². The Morgan fingerprint density at radius 2 is 0.598 bits per heavy atom. The molecule has 0 saturated carbocycles. The SMILES string of the molecule is Brc1c2ccccc2c(-c2ccc3c(c2)CC3)c2ccccc12.CC1(C)OB(c2ccc3oc4cc5cc6c(cc5cc4c3c2)CC6)OC1(C)C.c1ccc2c(-c3ccc4oc5cc6cc7c(cc6cc5c4c3)CC7)c3ccccc3c(-c3ccc4c(c3)CC4)c2c1. The Bertz CT molecular complexity index is 5750. The van der Waals surface area contributed by atoms with E-state index in [2.05, 4.69) is 256 Å². The maximum absolute atomic E-state index is 6.42. The standard InChI is InChI=1S/C40H26O.C24H23BO3.C22H15Br/c1-3-7-33-31(5-1)39(27-14-10-23-9-11-24(23)17-27)32-6-2-4-8-34(32)40(33)28-15-16-37-35(20-28)36-21-29-18-25-12-13-26(25)19-30(29)22-38(36)41-37;1-23(2)24(3,4)28-25(27-23)18-7-8-21-20(13-18)19-11-16-9-14-5-6-15(14)10-17(16)12-22(19)26-21;23-22-19-7-3-1-5-17(19)21(18-6-2-4-8-20(18)22)16-12-10-14-9-11-15(14)13-16/h1-8,10,14-22H,9,11-13H2;7-13H,5-6H2,1-4H3;1-8,10,12-13H,9,11H2. The van der Waals surface area contributed by atoms with E-state index < -0.39 is 0 Å². The molecule has 5 aliphatic rings. The molecule has 0 bridgehead atoms. The molecule has 442 valence electrons. The first-order chi connectivity index (χ1) is 44.9. The van der Waals surface area contributed by atoms with E-state index in [0.717, 1.165) is 38.6 Å². The fourth-order valence-electron chi connectivity index (χ4n) is 15.6. The molecule has 0 amide bonds. The highest BCUT2D eigenvalue weighted by molar-refractivity contribution is 9.10. The van der Waals surface area contributed by atoms with Crippen LogP contribution in [0, 0.1) is 0 Å². The minimum Gasteiger partial charge on any atom is -0.456 e. The predicted octanol–water partition coefficient (Wildman–Crippen LogP) is 22.2. The maximum atomic E-state index is 6.42. The Hall–Kier alpha value is -9.30. The van der Waals surface area contributed by atoms with Crippen LogP contribution >= 0.6 is 15.9 Å². The molecule has 6 heteroatoms. The number of benzene rings is 14. The Labute approximate surface area is 542 Å². The number of fused-ring (bicyclic) bond motifs is 16. The van der Waals surface area contributed by atoms with E-state index in [1.807, 2.05) is 6.07 Å². The van der Waals surface area contributed by atoms with Gasteiger partial charge in [-0.3, -0.25) is 0 Å². The van der Waals surface area contributed by atoms with Crippen LogP contribution in [0.25, 0.3) is 142 Å². The second-order valence-electron chi connectivity index (χ2n) is 27.5. The highest BCUT2D eigenvalue weighted by atomic mass is 79.9. The second-order valence-corrected chi connectivity index (χ2v) is 28.3. The van der Waals surface area contributed by atoms with Crippen LogP contribution in [0.2, 0.25) is 0 Å². The Kier molecular flexibility index (Phi) is 12.0. The first kappa shape index (κ1) is 54.4. The van der Waals surface area contributed by atoms with Crippen molar-refractivity contribution >= 4 is 137 Å². The lowest BCUT2D eigenvalue weighted by atomic mass is 9.78. The van der Waals surface area contributed by atoms with Crippen LogP contribution in [0.5, 0.6) is 0 Å². The molecule has 14 aromatic carbocycles. The number of furan rings is 2. The minimum atomic E-state index is -0.362. The average Bonchev–Trinajstić information content (AvgIpc) is 1.07. The molecular formula is C86H64BBrO4. The molecule has 0 unspecified atom stereocenters. The summed E-state index contributed by atoms with van der Waals surface area (Å²) in [6, 6.07) is 80.8. The van der Waals surface area contributed by atoms with Crippen LogP contribution in [-0.2, 0) is 60.7 Å². The van der Waals surface area contributed by atoms with E-state index in [1.54, 1.807) is 0 Å². The fourth-order valence-corrected chi connectivity index (χ4v) is 16.3. The van der Waals surface area contributed by atoms with Gasteiger partial charge in [-0.25, -0.2) is 0 Å². The summed E-state index contributed by atoms with van der Waals surface area (Å²) in [5.41, 5.74) is 23.9. The number of aryl methyl sites for hydroxylation is 8. The molecular weight excluding hydrogens is 1190 g/mol. The molecule has 0 N–H and O–H groups in total. The van der Waals surface area contributed by atoms with Gasteiger partial charge in [0.2, 0.25) is 0 Å². The van der Waals surface area contributed by atoms with Gasteiger partial charge >= 0.3 is 7.12 Å². The van der Waals surface area contributed by atoms with Gasteiger partial charge in [-0.1, -0.05) is 176 Å². The van der Waals surface area contributed by atoms with Crippen molar-refractivity contribution in [1.82, 2.24) is 0 Å². The zero-order valence-corrected chi connectivity index (χ0v) is 53.6. The summed E-state index contributed by atoms with van der Waals surface area (Å²) in [5.74, 6) is 0. The minimum absolute atomic E-state index is 0.344. The zero-order chi connectivity index (χ0) is 61.3. The van der Waals surface area contributed by atoms with Crippen molar-refractivity contribution in [2.75, 3.05) is 0 Å². The summed E-state index contributed by atoms with van der Waals surface area (Å²) in [6.07, 6.45) is 9.63. The Morgan fingerprint density at radius 3 is 0.989 bits per heavy atom.